The summed E-state index contributed by atoms with van der Waals surface area (Å²) in [4.78, 5) is 24.8. The summed E-state index contributed by atoms with van der Waals surface area (Å²) in [6.45, 7) is 12.8. The van der Waals surface area contributed by atoms with Crippen molar-refractivity contribution >= 4 is 11.7 Å². The molecule has 2 N–H and O–H groups in total. The molecule has 4 heteroatoms. The molecule has 4 nitrogen and oxygen atoms in total. The molecule has 1 aromatic carbocycles. The van der Waals surface area contributed by atoms with Gasteiger partial charge in [0, 0.05) is 0 Å². The lowest BCUT2D eigenvalue weighted by Crippen LogP contribution is -2.29. The fourth-order valence-electron chi connectivity index (χ4n) is 4.40. The number of phenols is 1. The molecule has 2 atom stereocenters. The number of ketones is 1. The van der Waals surface area contributed by atoms with Crippen LogP contribution in [0.4, 0.5) is 0 Å². The van der Waals surface area contributed by atoms with Gasteiger partial charge in [0.05, 0.1) is 11.6 Å². The van der Waals surface area contributed by atoms with Crippen LogP contribution in [-0.4, -0.2) is 22.8 Å². The molecule has 0 aromatic heterocycles. The van der Waals surface area contributed by atoms with E-state index in [-0.39, 0.29) is 29.1 Å². The van der Waals surface area contributed by atoms with Crippen molar-refractivity contribution in [3.05, 3.63) is 100 Å². The molecule has 0 spiro atoms. The zero-order valence-electron chi connectivity index (χ0n) is 22.6. The Hall–Kier alpha value is -3.40. The first-order valence-corrected chi connectivity index (χ1v) is 12.8. The van der Waals surface area contributed by atoms with Crippen LogP contribution in [0.3, 0.4) is 0 Å². The Labute approximate surface area is 216 Å². The number of carbonyl (C=O) groups excluding carboxylic acids is 2. The molecule has 1 amide bonds. The molecular formula is C32H41NO3. The van der Waals surface area contributed by atoms with Crippen molar-refractivity contribution in [2.45, 2.75) is 73.3 Å². The second-order valence-electron chi connectivity index (χ2n) is 9.98. The molecule has 0 bridgehead atoms. The van der Waals surface area contributed by atoms with Crippen molar-refractivity contribution in [3.63, 3.8) is 0 Å². The first kappa shape index (κ1) is 28.8. The number of amides is 1. The molecule has 1 aromatic rings. The maximum atomic E-state index is 12.5. The fraction of sp³-hybridized carbons (Fsp3) is 0.375. The Morgan fingerprint density at radius 3 is 2.33 bits per heavy atom. The molecule has 0 aliphatic carbocycles. The summed E-state index contributed by atoms with van der Waals surface area (Å²) in [5.41, 5.74) is 6.29. The normalized spacial score (nSPS) is 18.4. The van der Waals surface area contributed by atoms with Gasteiger partial charge in [-0.3, -0.25) is 9.59 Å². The topological polar surface area (TPSA) is 66.4 Å². The molecule has 2 rings (SSSR count). The number of aromatic hydroxyl groups is 1. The Kier molecular flexibility index (Phi) is 11.4. The van der Waals surface area contributed by atoms with Gasteiger partial charge in [0.2, 0.25) is 0 Å². The van der Waals surface area contributed by atoms with Gasteiger partial charge in [-0.25, -0.2) is 0 Å². The quantitative estimate of drug-likeness (QED) is 0.188. The first-order valence-electron chi connectivity index (χ1n) is 12.8. The third-order valence-electron chi connectivity index (χ3n) is 6.19. The molecular weight excluding hydrogens is 446 g/mol. The molecule has 192 valence electrons. The highest BCUT2D eigenvalue weighted by atomic mass is 16.3. The molecule has 1 aliphatic rings. The number of benzene rings is 1. The van der Waals surface area contributed by atoms with Crippen molar-refractivity contribution in [2.75, 3.05) is 0 Å². The molecule has 0 unspecified atom stereocenters. The molecule has 36 heavy (non-hydrogen) atoms. The van der Waals surface area contributed by atoms with Gasteiger partial charge in [0.25, 0.3) is 5.91 Å². The highest BCUT2D eigenvalue weighted by molar-refractivity contribution is 6.24. The van der Waals surface area contributed by atoms with Crippen molar-refractivity contribution < 1.29 is 14.7 Å². The van der Waals surface area contributed by atoms with Crippen LogP contribution in [0.25, 0.3) is 0 Å². The molecule has 0 saturated carbocycles. The van der Waals surface area contributed by atoms with Gasteiger partial charge in [-0.2, -0.15) is 0 Å². The van der Waals surface area contributed by atoms with Crippen LogP contribution in [0.2, 0.25) is 0 Å². The highest BCUT2D eigenvalue weighted by Crippen LogP contribution is 2.20. The maximum absolute atomic E-state index is 12.5. The summed E-state index contributed by atoms with van der Waals surface area (Å²) in [6, 6.07) is 6.65. The van der Waals surface area contributed by atoms with Crippen LogP contribution >= 0.6 is 0 Å². The lowest BCUT2D eigenvalue weighted by Gasteiger charge is -2.10. The summed E-state index contributed by atoms with van der Waals surface area (Å²) < 4.78 is 0. The zero-order valence-corrected chi connectivity index (χ0v) is 22.6. The van der Waals surface area contributed by atoms with Gasteiger partial charge in [0.15, 0.2) is 5.78 Å². The van der Waals surface area contributed by atoms with E-state index in [2.05, 4.69) is 64.2 Å². The summed E-state index contributed by atoms with van der Waals surface area (Å²) in [6.07, 6.45) is 17.2. The van der Waals surface area contributed by atoms with E-state index in [1.165, 1.54) is 28.4 Å². The minimum absolute atomic E-state index is 0.205. The van der Waals surface area contributed by atoms with E-state index in [0.29, 0.717) is 12.3 Å². The van der Waals surface area contributed by atoms with Crippen LogP contribution in [0.5, 0.6) is 5.75 Å². The molecule has 1 aliphatic heterocycles. The number of hydrogen-bond donors (Lipinski definition) is 2. The van der Waals surface area contributed by atoms with Crippen molar-refractivity contribution in [1.82, 2.24) is 5.32 Å². The Morgan fingerprint density at radius 2 is 1.67 bits per heavy atom. The Balaban J connectivity index is 1.82. The van der Waals surface area contributed by atoms with E-state index in [0.717, 1.165) is 24.8 Å². The third-order valence-corrected chi connectivity index (χ3v) is 6.19. The SMILES string of the molecule is C/C=C(C)/C=C(C)/C=C(C)/C=C(\C)C[C@H](C)CC/C=C/C(=O)C1=C[C@@H](Cc2ccc(O)cc2)NC1=O. The molecule has 1 heterocycles. The average molecular weight is 488 g/mol. The van der Waals surface area contributed by atoms with Crippen LogP contribution < -0.4 is 5.32 Å². The summed E-state index contributed by atoms with van der Waals surface area (Å²) in [7, 11) is 0. The number of hydrogen-bond acceptors (Lipinski definition) is 3. The Bertz CT molecular complexity index is 1110. The summed E-state index contributed by atoms with van der Waals surface area (Å²) >= 11 is 0. The van der Waals surface area contributed by atoms with Crippen LogP contribution in [0.1, 0.15) is 66.4 Å². The average Bonchev–Trinajstić information content (AvgIpc) is 3.17. The van der Waals surface area contributed by atoms with Gasteiger partial charge in [-0.1, -0.05) is 71.7 Å². The monoisotopic (exact) mass is 487 g/mol. The van der Waals surface area contributed by atoms with E-state index in [9.17, 15) is 14.7 Å². The second kappa shape index (κ2) is 14.2. The first-order chi connectivity index (χ1) is 17.1. The molecule has 0 saturated heterocycles. The largest absolute Gasteiger partial charge is 0.508 e. The standard InChI is InChI=1S/C32H41NO3/c1-7-22(2)16-24(4)18-26(6)19-25(5)17-23(3)10-8-9-11-31(35)30-21-28(33-32(30)36)20-27-12-14-29(34)15-13-27/h7,9,11-16,18-19,21,23,28,34H,8,10,17,20H2,1-6H3,(H,33,36)/b11-9+,22-7+,24-16+,25-19+,26-18+/t23-,28-/m1/s1. The lowest BCUT2D eigenvalue weighted by atomic mass is 9.95. The van der Waals surface area contributed by atoms with E-state index in [1.54, 1.807) is 18.2 Å². The predicted octanol–water partition coefficient (Wildman–Crippen LogP) is 7.10. The second-order valence-corrected chi connectivity index (χ2v) is 9.98. The zero-order chi connectivity index (χ0) is 26.7. The summed E-state index contributed by atoms with van der Waals surface area (Å²) in [5, 5.41) is 12.3. The van der Waals surface area contributed by atoms with Gasteiger partial charge in [-0.15, -0.1) is 0 Å². The fourth-order valence-corrected chi connectivity index (χ4v) is 4.40. The van der Waals surface area contributed by atoms with Crippen molar-refractivity contribution in [1.29, 1.82) is 0 Å². The van der Waals surface area contributed by atoms with Gasteiger partial charge >= 0.3 is 0 Å². The number of nitrogens with one attached hydrogen (secondary N) is 1. The van der Waals surface area contributed by atoms with Gasteiger partial charge in [0.1, 0.15) is 5.75 Å². The van der Waals surface area contributed by atoms with E-state index >= 15 is 0 Å². The van der Waals surface area contributed by atoms with E-state index in [1.807, 2.05) is 25.1 Å². The molecule has 0 fully saturated rings. The number of rotatable bonds is 12. The predicted molar refractivity (Wildman–Crippen MR) is 150 cm³/mol. The minimum atomic E-state index is -0.322. The smallest absolute Gasteiger partial charge is 0.255 e. The van der Waals surface area contributed by atoms with E-state index < -0.39 is 0 Å². The number of allylic oxidation sites excluding steroid dienone is 10. The van der Waals surface area contributed by atoms with Crippen LogP contribution in [0.15, 0.2) is 94.7 Å². The summed E-state index contributed by atoms with van der Waals surface area (Å²) in [5.74, 6) is 0.134. The third kappa shape index (κ3) is 10.1. The van der Waals surface area contributed by atoms with Crippen LogP contribution in [0, 0.1) is 5.92 Å². The van der Waals surface area contributed by atoms with Crippen LogP contribution in [-0.2, 0) is 16.0 Å². The number of carbonyl (C=O) groups is 2. The van der Waals surface area contributed by atoms with Gasteiger partial charge in [-0.05, 0) is 96.1 Å². The minimum Gasteiger partial charge on any atom is -0.508 e. The molecule has 0 radical (unpaired) electrons. The lowest BCUT2D eigenvalue weighted by molar-refractivity contribution is -0.120. The highest BCUT2D eigenvalue weighted by Gasteiger charge is 2.26. The number of phenolic OH excluding ortho intramolecular Hbond substituents is 1. The Morgan fingerprint density at radius 1 is 1.03 bits per heavy atom. The van der Waals surface area contributed by atoms with Crippen molar-refractivity contribution in [3.8, 4) is 5.75 Å². The van der Waals surface area contributed by atoms with E-state index in [4.69, 9.17) is 0 Å². The van der Waals surface area contributed by atoms with Crippen molar-refractivity contribution in [2.24, 2.45) is 5.92 Å². The van der Waals surface area contributed by atoms with Gasteiger partial charge < -0.3 is 10.4 Å². The maximum Gasteiger partial charge on any atom is 0.255 e.